The van der Waals surface area contributed by atoms with Crippen molar-refractivity contribution in [3.05, 3.63) is 36.7 Å². The fourth-order valence-electron chi connectivity index (χ4n) is 2.73. The number of nitrogens with one attached hydrogen (secondary N) is 2. The van der Waals surface area contributed by atoms with E-state index in [4.69, 9.17) is 0 Å². The van der Waals surface area contributed by atoms with Crippen LogP contribution in [0.2, 0.25) is 0 Å². The zero-order valence-electron chi connectivity index (χ0n) is 13.2. The molecule has 0 aromatic carbocycles. The Morgan fingerprint density at radius 1 is 1.31 bits per heavy atom. The van der Waals surface area contributed by atoms with E-state index in [1.165, 1.54) is 6.20 Å². The SMILES string of the molecule is O=C(Nc1ccc2c(-c3cccnc3OC(F)F)c[nH]c2n1)[C@@H]1C[C@@H]1F. The van der Waals surface area contributed by atoms with E-state index in [9.17, 15) is 18.0 Å². The Bertz CT molecular complexity index is 976. The molecule has 2 N–H and O–H groups in total. The van der Waals surface area contributed by atoms with E-state index >= 15 is 0 Å². The zero-order valence-corrected chi connectivity index (χ0v) is 13.2. The van der Waals surface area contributed by atoms with Gasteiger partial charge in [-0.1, -0.05) is 0 Å². The number of anilines is 1. The molecule has 6 nitrogen and oxygen atoms in total. The van der Waals surface area contributed by atoms with Gasteiger partial charge in [0.1, 0.15) is 17.6 Å². The Morgan fingerprint density at radius 3 is 2.85 bits per heavy atom. The summed E-state index contributed by atoms with van der Waals surface area (Å²) in [5.74, 6) is -0.930. The Morgan fingerprint density at radius 2 is 2.12 bits per heavy atom. The summed E-state index contributed by atoms with van der Waals surface area (Å²) in [6.45, 7) is -2.99. The Balaban J connectivity index is 1.65. The first-order valence-corrected chi connectivity index (χ1v) is 7.86. The molecule has 0 spiro atoms. The lowest BCUT2D eigenvalue weighted by Gasteiger charge is -2.08. The summed E-state index contributed by atoms with van der Waals surface area (Å²) in [6.07, 6.45) is 2.10. The van der Waals surface area contributed by atoms with Crippen LogP contribution < -0.4 is 10.1 Å². The Labute approximate surface area is 145 Å². The van der Waals surface area contributed by atoms with Crippen LogP contribution in [0.1, 0.15) is 6.42 Å². The maximum absolute atomic E-state index is 12.9. The fraction of sp³-hybridized carbons (Fsp3) is 0.235. The van der Waals surface area contributed by atoms with Gasteiger partial charge in [-0.3, -0.25) is 4.79 Å². The summed E-state index contributed by atoms with van der Waals surface area (Å²) in [7, 11) is 0. The highest BCUT2D eigenvalue weighted by atomic mass is 19.3. The number of nitrogens with zero attached hydrogens (tertiary/aromatic N) is 2. The number of rotatable bonds is 5. The highest BCUT2D eigenvalue weighted by Crippen LogP contribution is 2.36. The van der Waals surface area contributed by atoms with Crippen LogP contribution in [0.5, 0.6) is 5.88 Å². The van der Waals surface area contributed by atoms with Gasteiger partial charge in [0.05, 0.1) is 5.92 Å². The minimum atomic E-state index is -2.99. The van der Waals surface area contributed by atoms with E-state index in [2.05, 4.69) is 25.0 Å². The molecule has 4 rings (SSSR count). The van der Waals surface area contributed by atoms with E-state index < -0.39 is 24.6 Å². The van der Waals surface area contributed by atoms with Crippen LogP contribution >= 0.6 is 0 Å². The molecule has 0 radical (unpaired) electrons. The average Bonchev–Trinajstić information content (AvgIpc) is 3.20. The molecule has 134 valence electrons. The molecule has 26 heavy (non-hydrogen) atoms. The van der Waals surface area contributed by atoms with Crippen molar-refractivity contribution in [3.63, 3.8) is 0 Å². The zero-order chi connectivity index (χ0) is 18.3. The van der Waals surface area contributed by atoms with Crippen molar-refractivity contribution in [2.45, 2.75) is 19.2 Å². The quantitative estimate of drug-likeness (QED) is 0.728. The minimum Gasteiger partial charge on any atom is -0.416 e. The lowest BCUT2D eigenvalue weighted by atomic mass is 10.1. The largest absolute Gasteiger partial charge is 0.416 e. The van der Waals surface area contributed by atoms with Crippen LogP contribution in [-0.4, -0.2) is 33.6 Å². The predicted octanol–water partition coefficient (Wildman–Crippen LogP) is 3.52. The highest BCUT2D eigenvalue weighted by molar-refractivity contribution is 5.98. The van der Waals surface area contributed by atoms with Gasteiger partial charge in [0.2, 0.25) is 11.8 Å². The number of hydrogen-bond acceptors (Lipinski definition) is 4. The summed E-state index contributed by atoms with van der Waals surface area (Å²) in [6, 6.07) is 6.47. The number of halogens is 3. The molecule has 2 atom stereocenters. The third-order valence-electron chi connectivity index (χ3n) is 4.10. The molecule has 1 saturated carbocycles. The van der Waals surface area contributed by atoms with Gasteiger partial charge < -0.3 is 15.0 Å². The number of amides is 1. The smallest absolute Gasteiger partial charge is 0.388 e. The van der Waals surface area contributed by atoms with Gasteiger partial charge in [-0.25, -0.2) is 14.4 Å². The van der Waals surface area contributed by atoms with Gasteiger partial charge in [0.15, 0.2) is 0 Å². The van der Waals surface area contributed by atoms with Crippen molar-refractivity contribution in [2.24, 2.45) is 5.92 Å². The van der Waals surface area contributed by atoms with E-state index in [-0.39, 0.29) is 18.1 Å². The molecule has 3 aromatic rings. The number of carbonyl (C=O) groups excluding carboxylic acids is 1. The summed E-state index contributed by atoms with van der Waals surface area (Å²) < 4.78 is 42.6. The number of carbonyl (C=O) groups is 1. The van der Waals surface area contributed by atoms with Crippen LogP contribution in [0.3, 0.4) is 0 Å². The second-order valence-electron chi connectivity index (χ2n) is 5.88. The first kappa shape index (κ1) is 16.4. The molecule has 0 bridgehead atoms. The standard InChI is InChI=1S/C17H13F3N4O2/c18-12-6-10(12)15(25)24-13-4-3-8-11(7-22-14(8)23-13)9-2-1-5-21-16(9)26-17(19)20/h1-5,7,10,12,17H,6H2,(H2,22,23,24,25)/t10-,12+/m1/s1. The second kappa shape index (κ2) is 6.32. The monoisotopic (exact) mass is 362 g/mol. The van der Waals surface area contributed by atoms with E-state index in [0.717, 1.165) is 0 Å². The lowest BCUT2D eigenvalue weighted by molar-refractivity contribution is -0.117. The number of alkyl halides is 3. The molecule has 1 amide bonds. The van der Waals surface area contributed by atoms with Crippen LogP contribution in [0, 0.1) is 5.92 Å². The number of aromatic nitrogens is 3. The number of pyridine rings is 2. The maximum atomic E-state index is 12.9. The summed E-state index contributed by atoms with van der Waals surface area (Å²) in [5, 5.41) is 3.21. The van der Waals surface area contributed by atoms with Gasteiger partial charge in [-0.15, -0.1) is 0 Å². The Hall–Kier alpha value is -3.10. The molecule has 0 aliphatic heterocycles. The molecule has 0 saturated heterocycles. The molecule has 0 unspecified atom stereocenters. The number of aromatic amines is 1. The molecular formula is C17H13F3N4O2. The van der Waals surface area contributed by atoms with Crippen LogP contribution in [-0.2, 0) is 4.79 Å². The molecule has 1 aliphatic carbocycles. The Kier molecular flexibility index (Phi) is 3.98. The van der Waals surface area contributed by atoms with Crippen molar-refractivity contribution in [1.82, 2.24) is 15.0 Å². The molecular weight excluding hydrogens is 349 g/mol. The molecule has 1 fully saturated rings. The van der Waals surface area contributed by atoms with Crippen molar-refractivity contribution in [3.8, 4) is 17.0 Å². The number of fused-ring (bicyclic) bond motifs is 1. The lowest BCUT2D eigenvalue weighted by Crippen LogP contribution is -2.15. The summed E-state index contributed by atoms with van der Waals surface area (Å²) >= 11 is 0. The average molecular weight is 362 g/mol. The van der Waals surface area contributed by atoms with Crippen molar-refractivity contribution >= 4 is 22.8 Å². The normalized spacial score (nSPS) is 18.9. The van der Waals surface area contributed by atoms with Crippen molar-refractivity contribution < 1.29 is 22.7 Å². The summed E-state index contributed by atoms with van der Waals surface area (Å²) in [4.78, 5) is 22.8. The topological polar surface area (TPSA) is 79.9 Å². The molecule has 3 aromatic heterocycles. The summed E-state index contributed by atoms with van der Waals surface area (Å²) in [5.41, 5.74) is 1.41. The van der Waals surface area contributed by atoms with Gasteiger partial charge in [-0.2, -0.15) is 8.78 Å². The maximum Gasteiger partial charge on any atom is 0.388 e. The third kappa shape index (κ3) is 3.07. The van der Waals surface area contributed by atoms with E-state index in [0.29, 0.717) is 22.2 Å². The number of hydrogen-bond donors (Lipinski definition) is 2. The van der Waals surface area contributed by atoms with Gasteiger partial charge >= 0.3 is 6.61 Å². The van der Waals surface area contributed by atoms with Crippen molar-refractivity contribution in [1.29, 1.82) is 0 Å². The molecule has 1 aliphatic rings. The van der Waals surface area contributed by atoms with Crippen LogP contribution in [0.15, 0.2) is 36.7 Å². The first-order valence-electron chi connectivity index (χ1n) is 7.86. The minimum absolute atomic E-state index is 0.191. The highest BCUT2D eigenvalue weighted by Gasteiger charge is 2.43. The van der Waals surface area contributed by atoms with Crippen LogP contribution in [0.4, 0.5) is 19.0 Å². The predicted molar refractivity (Wildman–Crippen MR) is 87.6 cm³/mol. The fourth-order valence-corrected chi connectivity index (χ4v) is 2.73. The van der Waals surface area contributed by atoms with Gasteiger partial charge in [0, 0.05) is 28.9 Å². The van der Waals surface area contributed by atoms with Crippen molar-refractivity contribution in [2.75, 3.05) is 5.32 Å². The third-order valence-corrected chi connectivity index (χ3v) is 4.10. The van der Waals surface area contributed by atoms with Gasteiger partial charge in [0.25, 0.3) is 0 Å². The van der Waals surface area contributed by atoms with E-state index in [1.807, 2.05) is 0 Å². The second-order valence-corrected chi connectivity index (χ2v) is 5.88. The van der Waals surface area contributed by atoms with Gasteiger partial charge in [-0.05, 0) is 30.7 Å². The number of H-pyrrole nitrogens is 1. The van der Waals surface area contributed by atoms with E-state index in [1.54, 1.807) is 30.5 Å². The first-order chi connectivity index (χ1) is 12.5. The van der Waals surface area contributed by atoms with Crippen LogP contribution in [0.25, 0.3) is 22.2 Å². The molecule has 3 heterocycles. The number of ether oxygens (including phenoxy) is 1. The molecule has 9 heteroatoms.